The zero-order valence-electron chi connectivity index (χ0n) is 15.0. The Bertz CT molecular complexity index is 939. The Kier molecular flexibility index (Phi) is 4.58. The minimum atomic E-state index is -0.768. The summed E-state index contributed by atoms with van der Waals surface area (Å²) in [4.78, 5) is 0. The van der Waals surface area contributed by atoms with Crippen molar-refractivity contribution in [1.82, 2.24) is 0 Å². The zero-order chi connectivity index (χ0) is 18.1. The number of hydrogen-bond donors (Lipinski definition) is 0. The fourth-order valence-corrected chi connectivity index (χ4v) is 3.83. The smallest absolute Gasteiger partial charge is 0.162 e. The first kappa shape index (κ1) is 17.0. The molecule has 3 aromatic rings. The van der Waals surface area contributed by atoms with Crippen molar-refractivity contribution in [1.29, 1.82) is 0 Å². The van der Waals surface area contributed by atoms with Crippen molar-refractivity contribution in [2.75, 3.05) is 0 Å². The van der Waals surface area contributed by atoms with Crippen LogP contribution in [0.25, 0.3) is 22.3 Å². The Morgan fingerprint density at radius 1 is 0.808 bits per heavy atom. The molecule has 26 heavy (non-hydrogen) atoms. The summed E-state index contributed by atoms with van der Waals surface area (Å²) in [6, 6.07) is 17.8. The highest BCUT2D eigenvalue weighted by atomic mass is 19.2. The van der Waals surface area contributed by atoms with Crippen LogP contribution in [0.5, 0.6) is 0 Å². The molecule has 0 spiro atoms. The highest BCUT2D eigenvalue weighted by molar-refractivity contribution is 5.80. The molecule has 0 amide bonds. The maximum atomic E-state index is 14.1. The molecule has 3 aromatic carbocycles. The molecule has 0 radical (unpaired) electrons. The topological polar surface area (TPSA) is 0 Å². The highest BCUT2D eigenvalue weighted by Crippen LogP contribution is 2.40. The van der Waals surface area contributed by atoms with Crippen molar-refractivity contribution in [3.8, 4) is 22.3 Å². The lowest BCUT2D eigenvalue weighted by atomic mass is 9.97. The van der Waals surface area contributed by atoms with E-state index in [-0.39, 0.29) is 0 Å². The summed E-state index contributed by atoms with van der Waals surface area (Å²) in [6.45, 7) is 2.22. The molecule has 0 heterocycles. The number of benzene rings is 3. The van der Waals surface area contributed by atoms with Crippen LogP contribution in [0.15, 0.2) is 54.6 Å². The van der Waals surface area contributed by atoms with Gasteiger partial charge in [0.25, 0.3) is 0 Å². The van der Waals surface area contributed by atoms with Crippen LogP contribution in [0, 0.1) is 11.6 Å². The summed E-state index contributed by atoms with van der Waals surface area (Å²) >= 11 is 0. The third-order valence-electron chi connectivity index (χ3n) is 5.31. The first-order valence-corrected chi connectivity index (χ1v) is 9.37. The molecule has 0 aromatic heterocycles. The summed E-state index contributed by atoms with van der Waals surface area (Å²) in [5.41, 5.74) is 7.02. The lowest BCUT2D eigenvalue weighted by Gasteiger charge is -2.07. The van der Waals surface area contributed by atoms with Crippen LogP contribution in [-0.4, -0.2) is 0 Å². The van der Waals surface area contributed by atoms with E-state index in [1.807, 2.05) is 6.07 Å². The van der Waals surface area contributed by atoms with E-state index in [9.17, 15) is 8.78 Å². The molecule has 1 aliphatic rings. The average molecular weight is 348 g/mol. The van der Waals surface area contributed by atoms with Crippen LogP contribution >= 0.6 is 0 Å². The Balaban J connectivity index is 1.59. The molecule has 0 aliphatic heterocycles. The molecule has 0 bridgehead atoms. The van der Waals surface area contributed by atoms with Crippen molar-refractivity contribution in [2.45, 2.75) is 39.0 Å². The molecule has 132 valence electrons. The third kappa shape index (κ3) is 3.05. The van der Waals surface area contributed by atoms with Gasteiger partial charge in [0.15, 0.2) is 11.6 Å². The van der Waals surface area contributed by atoms with Gasteiger partial charge in [-0.15, -0.1) is 0 Å². The Morgan fingerprint density at radius 3 is 2.31 bits per heavy atom. The number of hydrogen-bond acceptors (Lipinski definition) is 0. The maximum absolute atomic E-state index is 14.1. The van der Waals surface area contributed by atoms with E-state index >= 15 is 0 Å². The van der Waals surface area contributed by atoms with Gasteiger partial charge in [0, 0.05) is 12.0 Å². The fraction of sp³-hybridized carbons (Fsp3) is 0.250. The van der Waals surface area contributed by atoms with Gasteiger partial charge in [-0.1, -0.05) is 68.3 Å². The molecule has 0 saturated carbocycles. The van der Waals surface area contributed by atoms with Crippen molar-refractivity contribution >= 4 is 0 Å². The molecule has 1 aliphatic carbocycles. The van der Waals surface area contributed by atoms with E-state index < -0.39 is 11.6 Å². The second-order valence-electron chi connectivity index (χ2n) is 7.09. The molecule has 0 N–H and O–H groups in total. The van der Waals surface area contributed by atoms with Gasteiger partial charge in [0.2, 0.25) is 0 Å². The van der Waals surface area contributed by atoms with Crippen molar-refractivity contribution in [3.05, 3.63) is 82.9 Å². The van der Waals surface area contributed by atoms with E-state index in [0.717, 1.165) is 34.2 Å². The fourth-order valence-electron chi connectivity index (χ4n) is 3.83. The first-order chi connectivity index (χ1) is 12.7. The Morgan fingerprint density at radius 2 is 1.54 bits per heavy atom. The molecule has 2 heteroatoms. The van der Waals surface area contributed by atoms with Crippen LogP contribution in [0.1, 0.15) is 42.9 Å². The van der Waals surface area contributed by atoms with E-state index in [2.05, 4.69) is 43.3 Å². The lowest BCUT2D eigenvalue weighted by Crippen LogP contribution is -1.91. The van der Waals surface area contributed by atoms with E-state index in [0.29, 0.717) is 12.0 Å². The standard InChI is InChI=1S/C24H22F2/c1-2-3-4-5-16-6-8-17(9-7-16)18-10-11-20-19(14-18)15-22-21(20)12-13-23(25)24(22)26/h6-14H,2-5,15H2,1H3. The predicted octanol–water partition coefficient (Wildman–Crippen LogP) is 6.94. The number of aryl methyl sites for hydroxylation is 1. The van der Waals surface area contributed by atoms with Crippen molar-refractivity contribution < 1.29 is 8.78 Å². The number of unbranched alkanes of at least 4 members (excludes halogenated alkanes) is 2. The summed E-state index contributed by atoms with van der Waals surface area (Å²) in [5.74, 6) is -1.48. The van der Waals surface area contributed by atoms with Crippen molar-refractivity contribution in [3.63, 3.8) is 0 Å². The molecular weight excluding hydrogens is 326 g/mol. The molecule has 0 fully saturated rings. The van der Waals surface area contributed by atoms with Crippen LogP contribution < -0.4 is 0 Å². The number of rotatable bonds is 5. The average Bonchev–Trinajstić information content (AvgIpc) is 3.04. The lowest BCUT2D eigenvalue weighted by molar-refractivity contribution is 0.502. The van der Waals surface area contributed by atoms with Crippen LogP contribution in [-0.2, 0) is 12.8 Å². The number of halogens is 2. The van der Waals surface area contributed by atoms with Crippen LogP contribution in [0.4, 0.5) is 8.78 Å². The van der Waals surface area contributed by atoms with Gasteiger partial charge in [-0.2, -0.15) is 0 Å². The first-order valence-electron chi connectivity index (χ1n) is 9.37. The van der Waals surface area contributed by atoms with E-state index in [4.69, 9.17) is 0 Å². The van der Waals surface area contributed by atoms with Gasteiger partial charge in [-0.05, 0) is 52.3 Å². The summed E-state index contributed by atoms with van der Waals surface area (Å²) in [6.07, 6.45) is 5.31. The molecular formula is C24H22F2. The second kappa shape index (κ2) is 7.03. The second-order valence-corrected chi connectivity index (χ2v) is 7.09. The maximum Gasteiger partial charge on any atom is 0.162 e. The Labute approximate surface area is 153 Å². The zero-order valence-corrected chi connectivity index (χ0v) is 15.0. The van der Waals surface area contributed by atoms with Crippen LogP contribution in [0.2, 0.25) is 0 Å². The third-order valence-corrected chi connectivity index (χ3v) is 5.31. The largest absolute Gasteiger partial charge is 0.204 e. The van der Waals surface area contributed by atoms with Gasteiger partial charge in [-0.25, -0.2) is 8.78 Å². The molecule has 4 rings (SSSR count). The van der Waals surface area contributed by atoms with Crippen molar-refractivity contribution in [2.24, 2.45) is 0 Å². The predicted molar refractivity (Wildman–Crippen MR) is 103 cm³/mol. The number of fused-ring (bicyclic) bond motifs is 3. The molecule has 0 nitrogen and oxygen atoms in total. The molecule has 0 atom stereocenters. The van der Waals surface area contributed by atoms with E-state index in [1.165, 1.54) is 30.9 Å². The summed E-state index contributed by atoms with van der Waals surface area (Å²) < 4.78 is 27.6. The minimum Gasteiger partial charge on any atom is -0.204 e. The van der Waals surface area contributed by atoms with Gasteiger partial charge < -0.3 is 0 Å². The minimum absolute atomic E-state index is 0.456. The SMILES string of the molecule is CCCCCc1ccc(-c2ccc3c(c2)Cc2c-3ccc(F)c2F)cc1. The summed E-state index contributed by atoms with van der Waals surface area (Å²) in [7, 11) is 0. The normalized spacial score (nSPS) is 12.1. The van der Waals surface area contributed by atoms with Gasteiger partial charge in [-0.3, -0.25) is 0 Å². The molecule has 0 saturated heterocycles. The summed E-state index contributed by atoms with van der Waals surface area (Å²) in [5, 5.41) is 0. The monoisotopic (exact) mass is 348 g/mol. The van der Waals surface area contributed by atoms with Gasteiger partial charge in [0.05, 0.1) is 0 Å². The highest BCUT2D eigenvalue weighted by Gasteiger charge is 2.23. The quantitative estimate of drug-likeness (QED) is 0.343. The van der Waals surface area contributed by atoms with Gasteiger partial charge in [0.1, 0.15) is 0 Å². The molecule has 0 unspecified atom stereocenters. The Hall–Kier alpha value is -2.48. The van der Waals surface area contributed by atoms with E-state index in [1.54, 1.807) is 6.07 Å². The van der Waals surface area contributed by atoms with Crippen LogP contribution in [0.3, 0.4) is 0 Å². The van der Waals surface area contributed by atoms with Gasteiger partial charge >= 0.3 is 0 Å².